The summed E-state index contributed by atoms with van der Waals surface area (Å²) in [5, 5.41) is 14.2. The Morgan fingerprint density at radius 2 is 1.90 bits per heavy atom. The van der Waals surface area contributed by atoms with Gasteiger partial charge in [0.15, 0.2) is 11.4 Å². The third-order valence-electron chi connectivity index (χ3n) is 5.25. The van der Waals surface area contributed by atoms with Crippen molar-refractivity contribution < 1.29 is 27.9 Å². The topological polar surface area (TPSA) is 94.9 Å². The van der Waals surface area contributed by atoms with Gasteiger partial charge in [-0.2, -0.15) is 0 Å². The van der Waals surface area contributed by atoms with Crippen LogP contribution in [0.4, 0.5) is 13.2 Å². The van der Waals surface area contributed by atoms with Gasteiger partial charge < -0.3 is 15.3 Å². The quantitative estimate of drug-likeness (QED) is 0.709. The summed E-state index contributed by atoms with van der Waals surface area (Å²) in [5.41, 5.74) is -2.49. The summed E-state index contributed by atoms with van der Waals surface area (Å²) >= 11 is 0. The number of amides is 2. The monoisotopic (exact) mass is 434 g/mol. The van der Waals surface area contributed by atoms with Crippen LogP contribution in [0.25, 0.3) is 0 Å². The van der Waals surface area contributed by atoms with Gasteiger partial charge in [0.25, 0.3) is 11.8 Å². The molecule has 8 nitrogen and oxygen atoms in total. The van der Waals surface area contributed by atoms with Gasteiger partial charge in [-0.1, -0.05) is 12.2 Å². The first-order chi connectivity index (χ1) is 14.7. The molecule has 0 fully saturated rings. The molecule has 2 aliphatic heterocycles. The van der Waals surface area contributed by atoms with E-state index in [0.717, 1.165) is 6.20 Å². The highest BCUT2D eigenvalue weighted by Gasteiger charge is 2.36. The van der Waals surface area contributed by atoms with E-state index >= 15 is 0 Å². The molecule has 3 heterocycles. The van der Waals surface area contributed by atoms with Gasteiger partial charge in [0.05, 0.1) is 6.54 Å². The second-order valence-corrected chi connectivity index (χ2v) is 7.22. The molecule has 0 aliphatic carbocycles. The maximum atomic E-state index is 13.8. The van der Waals surface area contributed by atoms with Crippen molar-refractivity contribution in [2.45, 2.75) is 19.5 Å². The number of aromatic nitrogens is 1. The molecule has 2 aromatic rings. The molecule has 31 heavy (non-hydrogen) atoms. The van der Waals surface area contributed by atoms with E-state index in [-0.39, 0.29) is 18.4 Å². The summed E-state index contributed by atoms with van der Waals surface area (Å²) in [6, 6.07) is 0.675. The molecule has 2 bridgehead atoms. The first-order valence-corrected chi connectivity index (χ1v) is 9.32. The molecular weight excluding hydrogens is 417 g/mol. The van der Waals surface area contributed by atoms with Gasteiger partial charge in [0.2, 0.25) is 5.43 Å². The molecule has 0 radical (unpaired) electrons. The lowest BCUT2D eigenvalue weighted by molar-refractivity contribution is 0.0659. The summed E-state index contributed by atoms with van der Waals surface area (Å²) in [6.07, 6.45) is 4.71. The number of nitrogens with one attached hydrogen (secondary N) is 1. The van der Waals surface area contributed by atoms with E-state index in [1.165, 1.54) is 9.58 Å². The van der Waals surface area contributed by atoms with Crippen LogP contribution in [-0.2, 0) is 6.54 Å². The van der Waals surface area contributed by atoms with E-state index in [9.17, 15) is 32.7 Å². The third kappa shape index (κ3) is 3.41. The highest BCUT2D eigenvalue weighted by molar-refractivity contribution is 5.99. The van der Waals surface area contributed by atoms with Gasteiger partial charge in [0, 0.05) is 36.5 Å². The molecule has 2 N–H and O–H groups in total. The summed E-state index contributed by atoms with van der Waals surface area (Å²) in [5.74, 6) is -6.00. The van der Waals surface area contributed by atoms with Crippen molar-refractivity contribution in [3.8, 4) is 5.75 Å². The lowest BCUT2D eigenvalue weighted by atomic mass is 10.1. The number of aromatic hydroxyl groups is 1. The van der Waals surface area contributed by atoms with Crippen LogP contribution in [0.15, 0.2) is 35.3 Å². The molecule has 0 spiro atoms. The zero-order valence-corrected chi connectivity index (χ0v) is 16.2. The number of carbonyl (C=O) groups is 2. The summed E-state index contributed by atoms with van der Waals surface area (Å²) in [7, 11) is 0. The molecule has 4 rings (SSSR count). The van der Waals surface area contributed by atoms with Crippen LogP contribution < -0.4 is 15.8 Å². The van der Waals surface area contributed by atoms with Gasteiger partial charge in [-0.05, 0) is 6.92 Å². The van der Waals surface area contributed by atoms with Gasteiger partial charge in [-0.3, -0.25) is 24.1 Å². The fourth-order valence-electron chi connectivity index (χ4n) is 3.57. The number of rotatable bonds is 3. The third-order valence-corrected chi connectivity index (χ3v) is 5.25. The number of nitrogens with zero attached hydrogens (tertiary/aromatic N) is 3. The standard InChI is InChI=1S/C20H17F3N4O4/c1-10-3-2-4-25-9-26(10)20(31)16-18(29)17(28)13(8-27(16)25)19(30)24-7-12-14(22)5-11(21)6-15(12)23/h2-3,5-6,8,10,29H,4,7,9H2,1H3,(H,24,30)/t10-/m0/s1. The molecule has 1 atom stereocenters. The Balaban J connectivity index is 1.68. The minimum absolute atomic E-state index is 0.162. The minimum Gasteiger partial charge on any atom is -0.502 e. The predicted octanol–water partition coefficient (Wildman–Crippen LogP) is 1.21. The van der Waals surface area contributed by atoms with Crippen LogP contribution in [-0.4, -0.2) is 45.8 Å². The lowest BCUT2D eigenvalue weighted by Crippen LogP contribution is -2.55. The number of pyridine rings is 1. The zero-order chi connectivity index (χ0) is 22.4. The SMILES string of the molecule is C[C@H]1C=CCN2CN1C(=O)c1c(O)c(=O)c(C(=O)NCc3c(F)cc(F)cc3F)cn12. The molecule has 1 aromatic carbocycles. The normalized spacial score (nSPS) is 17.4. The Morgan fingerprint density at radius 3 is 2.58 bits per heavy atom. The summed E-state index contributed by atoms with van der Waals surface area (Å²) in [4.78, 5) is 39.4. The van der Waals surface area contributed by atoms with E-state index in [2.05, 4.69) is 5.32 Å². The minimum atomic E-state index is -1.20. The second-order valence-electron chi connectivity index (χ2n) is 7.22. The Bertz CT molecular complexity index is 1170. The first kappa shape index (κ1) is 20.5. The van der Waals surface area contributed by atoms with Crippen molar-refractivity contribution in [1.29, 1.82) is 0 Å². The lowest BCUT2D eigenvalue weighted by Gasteiger charge is -2.39. The molecule has 11 heteroatoms. The number of halogens is 3. The molecular formula is C20H17F3N4O4. The van der Waals surface area contributed by atoms with Crippen LogP contribution in [0.5, 0.6) is 5.75 Å². The molecule has 1 aromatic heterocycles. The van der Waals surface area contributed by atoms with Gasteiger partial charge in [-0.25, -0.2) is 13.2 Å². The van der Waals surface area contributed by atoms with E-state index < -0.39 is 58.1 Å². The van der Waals surface area contributed by atoms with Gasteiger partial charge in [-0.15, -0.1) is 0 Å². The highest BCUT2D eigenvalue weighted by Crippen LogP contribution is 2.24. The van der Waals surface area contributed by atoms with E-state index in [1.807, 2.05) is 6.08 Å². The van der Waals surface area contributed by atoms with Gasteiger partial charge >= 0.3 is 0 Å². The largest absolute Gasteiger partial charge is 0.502 e. The van der Waals surface area contributed by atoms with Crippen LogP contribution in [0, 0.1) is 17.5 Å². The Morgan fingerprint density at radius 1 is 1.23 bits per heavy atom. The van der Waals surface area contributed by atoms with Crippen molar-refractivity contribution in [3.05, 3.63) is 75.0 Å². The number of hydrogen-bond donors (Lipinski definition) is 2. The van der Waals surface area contributed by atoms with Crippen LogP contribution in [0.1, 0.15) is 33.3 Å². The maximum Gasteiger partial charge on any atom is 0.278 e. The van der Waals surface area contributed by atoms with Crippen molar-refractivity contribution in [2.24, 2.45) is 0 Å². The van der Waals surface area contributed by atoms with Crippen LogP contribution >= 0.6 is 0 Å². The number of benzene rings is 1. The molecule has 0 saturated carbocycles. The first-order valence-electron chi connectivity index (χ1n) is 9.32. The number of fused-ring (bicyclic) bond motifs is 4. The summed E-state index contributed by atoms with van der Waals surface area (Å²) in [6.45, 7) is 1.64. The predicted molar refractivity (Wildman–Crippen MR) is 103 cm³/mol. The highest BCUT2D eigenvalue weighted by atomic mass is 19.1. The molecule has 162 valence electrons. The second kappa shape index (κ2) is 7.49. The Labute approximate surface area is 173 Å². The molecule has 0 saturated heterocycles. The van der Waals surface area contributed by atoms with E-state index in [1.54, 1.807) is 18.0 Å². The van der Waals surface area contributed by atoms with E-state index in [0.29, 0.717) is 18.7 Å². The zero-order valence-electron chi connectivity index (χ0n) is 16.2. The van der Waals surface area contributed by atoms with Crippen LogP contribution in [0.3, 0.4) is 0 Å². The summed E-state index contributed by atoms with van der Waals surface area (Å²) < 4.78 is 41.9. The van der Waals surface area contributed by atoms with Gasteiger partial charge in [0.1, 0.15) is 29.7 Å². The van der Waals surface area contributed by atoms with Crippen LogP contribution in [0.2, 0.25) is 0 Å². The number of carbonyl (C=O) groups excluding carboxylic acids is 2. The molecule has 2 amide bonds. The van der Waals surface area contributed by atoms with Crippen molar-refractivity contribution in [1.82, 2.24) is 14.9 Å². The maximum absolute atomic E-state index is 13.8. The average Bonchev–Trinajstić information content (AvgIpc) is 2.87. The Kier molecular flexibility index (Phi) is 4.96. The van der Waals surface area contributed by atoms with Crippen molar-refractivity contribution in [2.75, 3.05) is 18.2 Å². The molecule has 0 unspecified atom stereocenters. The fourth-order valence-corrected chi connectivity index (χ4v) is 3.57. The smallest absolute Gasteiger partial charge is 0.278 e. The molecule has 2 aliphatic rings. The van der Waals surface area contributed by atoms with Crippen molar-refractivity contribution in [3.63, 3.8) is 0 Å². The van der Waals surface area contributed by atoms with Crippen molar-refractivity contribution >= 4 is 11.8 Å². The average molecular weight is 434 g/mol. The number of hydrogen-bond acceptors (Lipinski definition) is 5. The van der Waals surface area contributed by atoms with E-state index in [4.69, 9.17) is 0 Å². The fraction of sp³-hybridized carbons (Fsp3) is 0.250. The Hall–Kier alpha value is -3.76.